The lowest BCUT2D eigenvalue weighted by Crippen LogP contribution is -2.44. The van der Waals surface area contributed by atoms with Gasteiger partial charge in [0.05, 0.1) is 40.3 Å². The molecule has 522 valence electrons. The molecule has 0 aliphatic heterocycles. The van der Waals surface area contributed by atoms with E-state index in [0.717, 1.165) is 96.3 Å². The third kappa shape index (κ3) is 71.9. The van der Waals surface area contributed by atoms with Gasteiger partial charge in [-0.25, -0.2) is 0 Å². The number of carbonyl (C=O) groups is 3. The van der Waals surface area contributed by atoms with Crippen molar-refractivity contribution in [2.75, 3.05) is 47.5 Å². The number of likely N-dealkylation sites (N-methyl/N-ethyl adjacent to an activating group) is 1. The first-order chi connectivity index (χ1) is 44.1. The average Bonchev–Trinajstić information content (AvgIpc) is 3.74. The van der Waals surface area contributed by atoms with Gasteiger partial charge in [0.15, 0.2) is 12.4 Å². The highest BCUT2D eigenvalue weighted by molar-refractivity contribution is 5.70. The molecule has 0 aliphatic carbocycles. The zero-order chi connectivity index (χ0) is 65.4. The zero-order valence-corrected chi connectivity index (χ0v) is 59.8. The molecule has 0 rings (SSSR count). The van der Waals surface area contributed by atoms with E-state index in [2.05, 4.69) is 98.9 Å². The van der Waals surface area contributed by atoms with Gasteiger partial charge in [-0.3, -0.25) is 9.59 Å². The summed E-state index contributed by atoms with van der Waals surface area (Å²) >= 11 is 0. The van der Waals surface area contributed by atoms with Crippen LogP contribution in [0.25, 0.3) is 0 Å². The maximum atomic E-state index is 12.9. The van der Waals surface area contributed by atoms with Gasteiger partial charge in [0.25, 0.3) is 0 Å². The Hall–Kier alpha value is -3.53. The SMILES string of the molecule is CC/C=C\C/C=C\C/C=C\C/C=C\C/C=C\C/C=C\C/C=C\CCCCCCCC(=O)OC(COC(=O)CCCCCCCCCCCCCCCCCCCCCCCCCCCCCCCCCCCCCCCC)COC(OCC[N+](C)(C)C)C(=O)[O-]. The van der Waals surface area contributed by atoms with Crippen LogP contribution in [0.3, 0.4) is 0 Å². The van der Waals surface area contributed by atoms with Crippen molar-refractivity contribution in [3.05, 3.63) is 85.1 Å². The van der Waals surface area contributed by atoms with Gasteiger partial charge < -0.3 is 33.3 Å². The quantitative estimate of drug-likeness (QED) is 0.0195. The van der Waals surface area contributed by atoms with E-state index in [0.29, 0.717) is 17.4 Å². The van der Waals surface area contributed by atoms with E-state index in [-0.39, 0.29) is 38.6 Å². The van der Waals surface area contributed by atoms with Gasteiger partial charge in [-0.15, -0.1) is 0 Å². The Morgan fingerprint density at radius 3 is 0.944 bits per heavy atom. The second-order valence-corrected chi connectivity index (χ2v) is 26.9. The number of nitrogens with zero attached hydrogens (tertiary/aromatic N) is 1. The standard InChI is InChI=1S/C81H145NO8/c1-6-8-10-12-14-16-18-20-22-24-26-28-30-32-34-35-36-37-38-39-40-41-42-43-44-46-47-49-51-53-55-57-59-61-63-65-67-69-71-78(83)88-75-77(76-89-81(80(85)86)87-74-73-82(3,4)5)90-79(84)72-70-68-66-64-62-60-58-56-54-52-50-48-45-33-31-29-27-25-23-21-19-17-15-13-11-9-7-2/h9,11,15,17,21,23,27,29,33,45,50,52,56,58,77,81H,6-8,10,12-14,16,18-20,22,24-26,28,30-32,34-44,46-49,51,53-55,57,59-76H2,1-5H3/b11-9-,17-15-,23-21-,29-27-,45-33-,52-50-,58-56-. The first kappa shape index (κ1) is 86.5. The number of quaternary nitrogens is 1. The Bertz CT molecular complexity index is 1760. The van der Waals surface area contributed by atoms with E-state index in [1.165, 1.54) is 225 Å². The number of carboxylic acids is 1. The molecule has 9 heteroatoms. The van der Waals surface area contributed by atoms with E-state index in [1.54, 1.807) is 0 Å². The van der Waals surface area contributed by atoms with E-state index in [9.17, 15) is 19.5 Å². The van der Waals surface area contributed by atoms with Crippen LogP contribution >= 0.6 is 0 Å². The monoisotopic (exact) mass is 1260 g/mol. The summed E-state index contributed by atoms with van der Waals surface area (Å²) < 4.78 is 22.8. The summed E-state index contributed by atoms with van der Waals surface area (Å²) in [6.45, 7) is 4.65. The average molecular weight is 1260 g/mol. The predicted molar refractivity (Wildman–Crippen MR) is 384 cm³/mol. The van der Waals surface area contributed by atoms with Gasteiger partial charge in [-0.05, 0) is 70.6 Å². The highest BCUT2D eigenvalue weighted by Gasteiger charge is 2.22. The van der Waals surface area contributed by atoms with Gasteiger partial charge in [-0.1, -0.05) is 356 Å². The largest absolute Gasteiger partial charge is 0.545 e. The van der Waals surface area contributed by atoms with Crippen molar-refractivity contribution in [3.8, 4) is 0 Å². The Morgan fingerprint density at radius 1 is 0.344 bits per heavy atom. The molecule has 0 saturated carbocycles. The van der Waals surface area contributed by atoms with E-state index >= 15 is 0 Å². The lowest BCUT2D eigenvalue weighted by atomic mass is 10.0. The number of rotatable bonds is 71. The Kier molecular flexibility index (Phi) is 68.5. The molecule has 0 aromatic rings. The highest BCUT2D eigenvalue weighted by Crippen LogP contribution is 2.19. The van der Waals surface area contributed by atoms with Crippen molar-refractivity contribution in [1.82, 2.24) is 0 Å². The van der Waals surface area contributed by atoms with Crippen molar-refractivity contribution in [2.45, 2.75) is 367 Å². The molecule has 9 nitrogen and oxygen atoms in total. The van der Waals surface area contributed by atoms with Crippen LogP contribution in [-0.4, -0.2) is 82.3 Å². The smallest absolute Gasteiger partial charge is 0.306 e. The third-order valence-corrected chi connectivity index (χ3v) is 16.9. The first-order valence-electron chi connectivity index (χ1n) is 38.2. The van der Waals surface area contributed by atoms with E-state index < -0.39 is 24.3 Å². The molecule has 90 heavy (non-hydrogen) atoms. The van der Waals surface area contributed by atoms with Crippen molar-refractivity contribution in [1.29, 1.82) is 0 Å². The highest BCUT2D eigenvalue weighted by atomic mass is 16.7. The third-order valence-electron chi connectivity index (χ3n) is 16.9. The predicted octanol–water partition coefficient (Wildman–Crippen LogP) is 22.9. The molecule has 2 atom stereocenters. The van der Waals surface area contributed by atoms with Crippen LogP contribution in [0.4, 0.5) is 0 Å². The second kappa shape index (κ2) is 71.3. The molecule has 0 spiro atoms. The fourth-order valence-electron chi connectivity index (χ4n) is 11.1. The minimum Gasteiger partial charge on any atom is -0.545 e. The van der Waals surface area contributed by atoms with Crippen LogP contribution in [0.5, 0.6) is 0 Å². The minimum absolute atomic E-state index is 0.141. The van der Waals surface area contributed by atoms with Gasteiger partial charge >= 0.3 is 11.9 Å². The molecule has 0 amide bonds. The van der Waals surface area contributed by atoms with Crippen LogP contribution in [0.2, 0.25) is 0 Å². The molecule has 0 heterocycles. The summed E-state index contributed by atoms with van der Waals surface area (Å²) in [5, 5.41) is 11.8. The summed E-state index contributed by atoms with van der Waals surface area (Å²) in [5.74, 6) is -2.30. The molecule has 0 fully saturated rings. The van der Waals surface area contributed by atoms with Crippen LogP contribution in [0.1, 0.15) is 354 Å². The molecule has 2 unspecified atom stereocenters. The minimum atomic E-state index is -1.63. The number of unbranched alkanes of at least 4 members (excludes halogenated alkanes) is 42. The summed E-state index contributed by atoms with van der Waals surface area (Å²) in [4.78, 5) is 37.5. The normalized spacial score (nSPS) is 13.1. The first-order valence-corrected chi connectivity index (χ1v) is 38.2. The molecule has 0 N–H and O–H groups in total. The van der Waals surface area contributed by atoms with Crippen molar-refractivity contribution in [3.63, 3.8) is 0 Å². The van der Waals surface area contributed by atoms with Crippen LogP contribution in [-0.2, 0) is 33.3 Å². The molecule has 0 saturated heterocycles. The van der Waals surface area contributed by atoms with Crippen molar-refractivity contribution >= 4 is 17.9 Å². The van der Waals surface area contributed by atoms with E-state index in [4.69, 9.17) is 18.9 Å². The lowest BCUT2D eigenvalue weighted by Gasteiger charge is -2.26. The number of hydrogen-bond donors (Lipinski definition) is 0. The molecule has 0 bridgehead atoms. The summed E-state index contributed by atoms with van der Waals surface area (Å²) in [5.41, 5.74) is 0. The number of allylic oxidation sites excluding steroid dienone is 14. The fraction of sp³-hybridized carbons (Fsp3) is 0.790. The molecule has 0 aromatic carbocycles. The molecule has 0 aliphatic rings. The number of esters is 2. The van der Waals surface area contributed by atoms with Gasteiger partial charge in [0.1, 0.15) is 13.2 Å². The maximum absolute atomic E-state index is 12.9. The van der Waals surface area contributed by atoms with Gasteiger partial charge in [-0.2, -0.15) is 0 Å². The van der Waals surface area contributed by atoms with Crippen LogP contribution in [0.15, 0.2) is 85.1 Å². The second-order valence-electron chi connectivity index (χ2n) is 26.9. The summed E-state index contributed by atoms with van der Waals surface area (Å²) in [6, 6.07) is 0. The number of aliphatic carboxylic acids is 1. The topological polar surface area (TPSA) is 111 Å². The molecular formula is C81H145NO8. The number of ether oxygens (including phenoxy) is 4. The van der Waals surface area contributed by atoms with Crippen molar-refractivity contribution < 1.29 is 42.9 Å². The molecular weight excluding hydrogens is 1110 g/mol. The maximum Gasteiger partial charge on any atom is 0.306 e. The summed E-state index contributed by atoms with van der Waals surface area (Å²) in [6.07, 6.45) is 94.2. The lowest BCUT2D eigenvalue weighted by molar-refractivity contribution is -0.870. The number of carbonyl (C=O) groups excluding carboxylic acids is 3. The Morgan fingerprint density at radius 2 is 0.633 bits per heavy atom. The van der Waals surface area contributed by atoms with Crippen LogP contribution in [0, 0.1) is 0 Å². The Labute approximate surface area is 557 Å². The Balaban J connectivity index is 4.03. The van der Waals surface area contributed by atoms with E-state index in [1.807, 2.05) is 21.1 Å². The zero-order valence-electron chi connectivity index (χ0n) is 59.8. The summed E-state index contributed by atoms with van der Waals surface area (Å²) in [7, 11) is 5.93. The molecule has 0 radical (unpaired) electrons. The van der Waals surface area contributed by atoms with Gasteiger partial charge in [0, 0.05) is 12.8 Å². The van der Waals surface area contributed by atoms with Crippen molar-refractivity contribution in [2.24, 2.45) is 0 Å². The van der Waals surface area contributed by atoms with Crippen LogP contribution < -0.4 is 5.11 Å². The number of carboxylic acid groups (broad SMARTS) is 1. The molecule has 0 aromatic heterocycles. The fourth-order valence-corrected chi connectivity index (χ4v) is 11.1. The van der Waals surface area contributed by atoms with Gasteiger partial charge in [0.2, 0.25) is 0 Å². The number of hydrogen-bond acceptors (Lipinski definition) is 8.